The van der Waals surface area contributed by atoms with Gasteiger partial charge < -0.3 is 9.84 Å². The van der Waals surface area contributed by atoms with Crippen LogP contribution in [0.5, 0.6) is 0 Å². The highest BCUT2D eigenvalue weighted by Gasteiger charge is 2.17. The summed E-state index contributed by atoms with van der Waals surface area (Å²) in [5.74, 6) is 0. The Bertz CT molecular complexity index is 397. The number of nitrogens with zero attached hydrogens (tertiary/aromatic N) is 1. The van der Waals surface area contributed by atoms with Gasteiger partial charge in [0, 0.05) is 18.7 Å². The van der Waals surface area contributed by atoms with Crippen molar-refractivity contribution < 1.29 is 14.8 Å². The van der Waals surface area contributed by atoms with Gasteiger partial charge in [-0.1, -0.05) is 17.7 Å². The minimum Gasteiger partial charge on any atom is -0.391 e. The van der Waals surface area contributed by atoms with Crippen molar-refractivity contribution in [3.8, 4) is 0 Å². The molecule has 0 bridgehead atoms. The first-order valence-corrected chi connectivity index (χ1v) is 5.52. The molecule has 0 saturated heterocycles. The third kappa shape index (κ3) is 3.96. The average molecular weight is 260 g/mol. The van der Waals surface area contributed by atoms with Gasteiger partial charge in [-0.05, 0) is 18.9 Å². The predicted octanol–water partition coefficient (Wildman–Crippen LogP) is 2.19. The molecular formula is C11H14ClNO4. The summed E-state index contributed by atoms with van der Waals surface area (Å²) in [4.78, 5) is 10.3. The van der Waals surface area contributed by atoms with Crippen LogP contribution in [0.4, 0.5) is 5.69 Å². The molecule has 0 fully saturated rings. The smallest absolute Gasteiger partial charge is 0.274 e. The summed E-state index contributed by atoms with van der Waals surface area (Å²) in [6, 6.07) is 4.55. The largest absolute Gasteiger partial charge is 0.391 e. The Morgan fingerprint density at radius 3 is 2.88 bits per heavy atom. The van der Waals surface area contributed by atoms with Gasteiger partial charge in [-0.2, -0.15) is 0 Å². The Hall–Kier alpha value is -1.17. The molecule has 0 aliphatic rings. The summed E-state index contributed by atoms with van der Waals surface area (Å²) in [5, 5.41) is 20.6. The fourth-order valence-electron chi connectivity index (χ4n) is 1.55. The maximum atomic E-state index is 10.8. The molecule has 5 nitrogen and oxygen atoms in total. The quantitative estimate of drug-likeness (QED) is 0.628. The van der Waals surface area contributed by atoms with E-state index in [4.69, 9.17) is 16.3 Å². The van der Waals surface area contributed by atoms with Crippen molar-refractivity contribution in [3.63, 3.8) is 0 Å². The van der Waals surface area contributed by atoms with E-state index in [9.17, 15) is 15.2 Å². The first kappa shape index (κ1) is 13.9. The summed E-state index contributed by atoms with van der Waals surface area (Å²) < 4.78 is 4.78. The Morgan fingerprint density at radius 2 is 2.29 bits per heavy atom. The van der Waals surface area contributed by atoms with E-state index >= 15 is 0 Å². The van der Waals surface area contributed by atoms with E-state index in [0.717, 1.165) is 0 Å². The molecule has 0 spiro atoms. The minimum absolute atomic E-state index is 0.0119. The molecule has 1 rings (SSSR count). The number of methoxy groups -OCH3 is 1. The van der Waals surface area contributed by atoms with Crippen molar-refractivity contribution >= 4 is 17.3 Å². The molecular weight excluding hydrogens is 246 g/mol. The van der Waals surface area contributed by atoms with Crippen molar-refractivity contribution in [1.29, 1.82) is 0 Å². The normalized spacial score (nSPS) is 12.4. The third-order valence-electron chi connectivity index (χ3n) is 2.38. The molecule has 0 radical (unpaired) electrons. The number of halogens is 1. The van der Waals surface area contributed by atoms with Gasteiger partial charge in [0.05, 0.1) is 22.7 Å². The first-order valence-electron chi connectivity index (χ1n) is 5.15. The van der Waals surface area contributed by atoms with Gasteiger partial charge in [0.2, 0.25) is 0 Å². The summed E-state index contributed by atoms with van der Waals surface area (Å²) in [5.41, 5.74) is 0.441. The third-order valence-corrected chi connectivity index (χ3v) is 2.73. The first-order chi connectivity index (χ1) is 8.06. The molecule has 0 aromatic heterocycles. The standard InChI is InChI=1S/C11H14ClNO4/c1-17-7-8(14)5-6-9-10(12)3-2-4-11(9)13(15)16/h2-4,8,14H,5-7H2,1H3. The van der Waals surface area contributed by atoms with Crippen LogP contribution in [0.1, 0.15) is 12.0 Å². The zero-order valence-corrected chi connectivity index (χ0v) is 10.2. The second-order valence-corrected chi connectivity index (χ2v) is 4.05. The van der Waals surface area contributed by atoms with Gasteiger partial charge in [-0.15, -0.1) is 0 Å². The highest BCUT2D eigenvalue weighted by atomic mass is 35.5. The van der Waals surface area contributed by atoms with Crippen LogP contribution in [-0.4, -0.2) is 29.9 Å². The monoisotopic (exact) mass is 259 g/mol. The summed E-state index contributed by atoms with van der Waals surface area (Å²) in [6.45, 7) is 0.207. The molecule has 1 unspecified atom stereocenters. The number of aliphatic hydroxyl groups excluding tert-OH is 1. The zero-order valence-electron chi connectivity index (χ0n) is 9.43. The molecule has 17 heavy (non-hydrogen) atoms. The molecule has 6 heteroatoms. The number of rotatable bonds is 6. The van der Waals surface area contributed by atoms with Crippen molar-refractivity contribution in [2.45, 2.75) is 18.9 Å². The summed E-state index contributed by atoms with van der Waals surface area (Å²) in [7, 11) is 1.49. The Kier molecular flexibility index (Phi) is 5.34. The number of hydrogen-bond acceptors (Lipinski definition) is 4. The number of hydrogen-bond donors (Lipinski definition) is 1. The molecule has 1 N–H and O–H groups in total. The SMILES string of the molecule is COCC(O)CCc1c(Cl)cccc1[N+](=O)[O-]. The van der Waals surface area contributed by atoms with Crippen molar-refractivity contribution in [3.05, 3.63) is 38.9 Å². The van der Waals surface area contributed by atoms with Crippen LogP contribution in [0, 0.1) is 10.1 Å². The maximum absolute atomic E-state index is 10.8. The van der Waals surface area contributed by atoms with Crippen molar-refractivity contribution in [2.75, 3.05) is 13.7 Å². The lowest BCUT2D eigenvalue weighted by Gasteiger charge is -2.10. The lowest BCUT2D eigenvalue weighted by molar-refractivity contribution is -0.385. The van der Waals surface area contributed by atoms with Gasteiger partial charge in [0.25, 0.3) is 5.69 Å². The van der Waals surface area contributed by atoms with E-state index in [2.05, 4.69) is 0 Å². The van der Waals surface area contributed by atoms with E-state index in [1.165, 1.54) is 19.2 Å². The molecule has 0 aliphatic carbocycles. The van der Waals surface area contributed by atoms with E-state index < -0.39 is 11.0 Å². The molecule has 1 aromatic rings. The van der Waals surface area contributed by atoms with Crippen molar-refractivity contribution in [1.82, 2.24) is 0 Å². The van der Waals surface area contributed by atoms with Crippen LogP contribution >= 0.6 is 11.6 Å². The Labute approximate surface area is 104 Å². The summed E-state index contributed by atoms with van der Waals surface area (Å²) >= 11 is 5.92. The fraction of sp³-hybridized carbons (Fsp3) is 0.455. The van der Waals surface area contributed by atoms with Crippen LogP contribution in [0.2, 0.25) is 5.02 Å². The van der Waals surface area contributed by atoms with E-state index in [-0.39, 0.29) is 12.3 Å². The van der Waals surface area contributed by atoms with Crippen LogP contribution in [-0.2, 0) is 11.2 Å². The molecule has 0 saturated carbocycles. The number of benzene rings is 1. The maximum Gasteiger partial charge on any atom is 0.274 e. The second kappa shape index (κ2) is 6.54. The number of ether oxygens (including phenoxy) is 1. The van der Waals surface area contributed by atoms with Crippen LogP contribution in [0.25, 0.3) is 0 Å². The van der Waals surface area contributed by atoms with Crippen LogP contribution < -0.4 is 0 Å². The van der Waals surface area contributed by atoms with E-state index in [1.807, 2.05) is 0 Å². The Morgan fingerprint density at radius 1 is 1.59 bits per heavy atom. The van der Waals surface area contributed by atoms with Gasteiger partial charge >= 0.3 is 0 Å². The van der Waals surface area contributed by atoms with Crippen LogP contribution in [0.15, 0.2) is 18.2 Å². The number of nitro groups is 1. The lowest BCUT2D eigenvalue weighted by Crippen LogP contribution is -2.15. The van der Waals surface area contributed by atoms with E-state index in [0.29, 0.717) is 23.4 Å². The molecule has 1 atom stereocenters. The van der Waals surface area contributed by atoms with Gasteiger partial charge in [0.15, 0.2) is 0 Å². The molecule has 1 aromatic carbocycles. The zero-order chi connectivity index (χ0) is 12.8. The lowest BCUT2D eigenvalue weighted by atomic mass is 10.1. The Balaban J connectivity index is 2.79. The highest BCUT2D eigenvalue weighted by Crippen LogP contribution is 2.27. The molecule has 0 heterocycles. The van der Waals surface area contributed by atoms with Gasteiger partial charge in [-0.3, -0.25) is 10.1 Å². The summed E-state index contributed by atoms with van der Waals surface area (Å²) in [6.07, 6.45) is 0.0785. The van der Waals surface area contributed by atoms with Crippen LogP contribution in [0.3, 0.4) is 0 Å². The molecule has 94 valence electrons. The fourth-order valence-corrected chi connectivity index (χ4v) is 1.82. The number of nitro benzene ring substituents is 1. The average Bonchev–Trinajstić information content (AvgIpc) is 2.27. The number of aliphatic hydroxyl groups is 1. The van der Waals surface area contributed by atoms with E-state index in [1.54, 1.807) is 6.07 Å². The highest BCUT2D eigenvalue weighted by molar-refractivity contribution is 6.31. The molecule has 0 amide bonds. The minimum atomic E-state index is -0.643. The molecule has 0 aliphatic heterocycles. The van der Waals surface area contributed by atoms with Gasteiger partial charge in [0.1, 0.15) is 0 Å². The predicted molar refractivity (Wildman–Crippen MR) is 64.3 cm³/mol. The van der Waals surface area contributed by atoms with Crippen molar-refractivity contribution in [2.24, 2.45) is 0 Å². The second-order valence-electron chi connectivity index (χ2n) is 3.64. The van der Waals surface area contributed by atoms with Gasteiger partial charge in [-0.25, -0.2) is 0 Å². The topological polar surface area (TPSA) is 72.6 Å².